The number of aromatic nitrogens is 1. The number of benzene rings is 2. The van der Waals surface area contributed by atoms with Gasteiger partial charge in [0.25, 0.3) is 5.91 Å². The maximum absolute atomic E-state index is 12.6. The van der Waals surface area contributed by atoms with Gasteiger partial charge in [0.2, 0.25) is 0 Å². The number of nitrogens with zero attached hydrogens (tertiary/aromatic N) is 1. The summed E-state index contributed by atoms with van der Waals surface area (Å²) in [4.78, 5) is 17.7. The number of aryl methyl sites for hydroxylation is 2. The van der Waals surface area contributed by atoms with Gasteiger partial charge in [-0.15, -0.1) is 11.3 Å². The monoisotopic (exact) mass is 368 g/mol. The van der Waals surface area contributed by atoms with Crippen LogP contribution in [-0.2, 0) is 0 Å². The molecule has 0 spiro atoms. The van der Waals surface area contributed by atoms with E-state index in [2.05, 4.69) is 10.3 Å². The van der Waals surface area contributed by atoms with Crippen molar-refractivity contribution in [2.45, 2.75) is 13.8 Å². The Kier molecular flexibility index (Phi) is 5.23. The average molecular weight is 368 g/mol. The van der Waals surface area contributed by atoms with Crippen LogP contribution in [0.15, 0.2) is 42.5 Å². The van der Waals surface area contributed by atoms with Gasteiger partial charge < -0.3 is 14.8 Å². The van der Waals surface area contributed by atoms with E-state index < -0.39 is 0 Å². The number of rotatable bonds is 5. The summed E-state index contributed by atoms with van der Waals surface area (Å²) < 4.78 is 10.6. The van der Waals surface area contributed by atoms with Crippen LogP contribution < -0.4 is 14.8 Å². The maximum atomic E-state index is 12.6. The van der Waals surface area contributed by atoms with Crippen molar-refractivity contribution >= 4 is 22.9 Å². The zero-order valence-electron chi connectivity index (χ0n) is 15.1. The highest BCUT2D eigenvalue weighted by Crippen LogP contribution is 2.35. The van der Waals surface area contributed by atoms with E-state index >= 15 is 0 Å². The lowest BCUT2D eigenvalue weighted by Crippen LogP contribution is -2.11. The predicted octanol–water partition coefficient (Wildman–Crippen LogP) is 4.70. The summed E-state index contributed by atoms with van der Waals surface area (Å²) in [6.45, 7) is 3.85. The minimum atomic E-state index is -0.157. The minimum absolute atomic E-state index is 0.157. The highest BCUT2D eigenvalue weighted by atomic mass is 32.1. The van der Waals surface area contributed by atoms with E-state index in [0.29, 0.717) is 22.1 Å². The number of carbonyl (C=O) groups excluding carboxylic acids is 1. The van der Waals surface area contributed by atoms with E-state index in [9.17, 15) is 4.79 Å². The van der Waals surface area contributed by atoms with Crippen molar-refractivity contribution in [2.75, 3.05) is 19.5 Å². The average Bonchev–Trinajstić information content (AvgIpc) is 3.05. The standard InChI is InChI=1S/C20H20N2O3S/c1-12-5-8-15(9-6-12)22-19(23)18-13(2)21-20(26-18)14-7-10-16(24-3)17(11-14)25-4/h5-11H,1-4H3,(H,22,23). The Bertz CT molecular complexity index is 933. The van der Waals surface area contributed by atoms with Crippen LogP contribution in [0.25, 0.3) is 10.6 Å². The summed E-state index contributed by atoms with van der Waals surface area (Å²) in [5.74, 6) is 1.13. The van der Waals surface area contributed by atoms with Gasteiger partial charge in [0, 0.05) is 11.3 Å². The lowest BCUT2D eigenvalue weighted by molar-refractivity contribution is 0.103. The molecule has 0 aliphatic rings. The van der Waals surface area contributed by atoms with Crippen LogP contribution in [0.4, 0.5) is 5.69 Å². The summed E-state index contributed by atoms with van der Waals surface area (Å²) in [5, 5.41) is 3.68. The predicted molar refractivity (Wildman–Crippen MR) is 105 cm³/mol. The van der Waals surface area contributed by atoms with Gasteiger partial charge in [-0.3, -0.25) is 4.79 Å². The Morgan fingerprint density at radius 1 is 1.00 bits per heavy atom. The molecule has 0 radical (unpaired) electrons. The molecular formula is C20H20N2O3S. The smallest absolute Gasteiger partial charge is 0.267 e. The second kappa shape index (κ2) is 7.58. The van der Waals surface area contributed by atoms with Gasteiger partial charge in [0.05, 0.1) is 19.9 Å². The molecule has 1 heterocycles. The van der Waals surface area contributed by atoms with Crippen molar-refractivity contribution in [1.29, 1.82) is 0 Å². The van der Waals surface area contributed by atoms with E-state index in [1.54, 1.807) is 14.2 Å². The fourth-order valence-electron chi connectivity index (χ4n) is 2.52. The van der Waals surface area contributed by atoms with Crippen LogP contribution in [0.3, 0.4) is 0 Å². The molecule has 2 aromatic carbocycles. The molecule has 3 rings (SSSR count). The summed E-state index contributed by atoms with van der Waals surface area (Å²) in [5.41, 5.74) is 3.49. The van der Waals surface area contributed by atoms with Crippen molar-refractivity contribution in [1.82, 2.24) is 4.98 Å². The van der Waals surface area contributed by atoms with E-state index in [1.165, 1.54) is 11.3 Å². The highest BCUT2D eigenvalue weighted by molar-refractivity contribution is 7.17. The van der Waals surface area contributed by atoms with Crippen molar-refractivity contribution in [3.63, 3.8) is 0 Å². The molecule has 3 aromatic rings. The number of nitrogens with one attached hydrogen (secondary N) is 1. The fraction of sp³-hybridized carbons (Fsp3) is 0.200. The summed E-state index contributed by atoms with van der Waals surface area (Å²) in [6.07, 6.45) is 0. The van der Waals surface area contributed by atoms with Crippen LogP contribution in [0.5, 0.6) is 11.5 Å². The first-order valence-corrected chi connectivity index (χ1v) is 8.91. The number of hydrogen-bond donors (Lipinski definition) is 1. The first-order chi connectivity index (χ1) is 12.5. The lowest BCUT2D eigenvalue weighted by atomic mass is 10.2. The molecule has 26 heavy (non-hydrogen) atoms. The first kappa shape index (κ1) is 17.9. The Morgan fingerprint density at radius 3 is 2.35 bits per heavy atom. The SMILES string of the molecule is COc1ccc(-c2nc(C)c(C(=O)Nc3ccc(C)cc3)s2)cc1OC. The zero-order chi connectivity index (χ0) is 18.7. The van der Waals surface area contributed by atoms with Crippen molar-refractivity contribution in [2.24, 2.45) is 0 Å². The van der Waals surface area contributed by atoms with Gasteiger partial charge in [-0.25, -0.2) is 4.98 Å². The molecule has 0 fully saturated rings. The van der Waals surface area contributed by atoms with Crippen molar-refractivity contribution in [3.8, 4) is 22.1 Å². The number of anilines is 1. The second-order valence-corrected chi connectivity index (χ2v) is 6.82. The van der Waals surface area contributed by atoms with E-state index in [4.69, 9.17) is 9.47 Å². The maximum Gasteiger partial charge on any atom is 0.267 e. The van der Waals surface area contributed by atoms with Gasteiger partial charge in [0.1, 0.15) is 9.88 Å². The lowest BCUT2D eigenvalue weighted by Gasteiger charge is -2.08. The Hall–Kier alpha value is -2.86. The van der Waals surface area contributed by atoms with Crippen LogP contribution in [0.2, 0.25) is 0 Å². The third-order valence-electron chi connectivity index (χ3n) is 3.94. The Labute approximate surface area is 156 Å². The molecule has 0 aliphatic carbocycles. The Morgan fingerprint density at radius 2 is 1.69 bits per heavy atom. The molecule has 0 saturated heterocycles. The number of thiazole rings is 1. The molecule has 0 aliphatic heterocycles. The van der Waals surface area contributed by atoms with Gasteiger partial charge >= 0.3 is 0 Å². The zero-order valence-corrected chi connectivity index (χ0v) is 15.9. The molecule has 0 bridgehead atoms. The third kappa shape index (κ3) is 3.70. The van der Waals surface area contributed by atoms with Gasteiger partial charge in [-0.1, -0.05) is 17.7 Å². The van der Waals surface area contributed by atoms with Gasteiger partial charge in [0.15, 0.2) is 11.5 Å². The topological polar surface area (TPSA) is 60.5 Å². The molecule has 5 nitrogen and oxygen atoms in total. The fourth-order valence-corrected chi connectivity index (χ4v) is 3.48. The molecule has 1 amide bonds. The Balaban J connectivity index is 1.87. The summed E-state index contributed by atoms with van der Waals surface area (Å²) in [6, 6.07) is 13.3. The molecule has 0 atom stereocenters. The number of methoxy groups -OCH3 is 2. The van der Waals surface area contributed by atoms with Gasteiger partial charge in [-0.2, -0.15) is 0 Å². The van der Waals surface area contributed by atoms with E-state index in [0.717, 1.165) is 21.8 Å². The number of amides is 1. The number of ether oxygens (including phenoxy) is 2. The molecular weight excluding hydrogens is 348 g/mol. The van der Waals surface area contributed by atoms with Crippen LogP contribution >= 0.6 is 11.3 Å². The second-order valence-electron chi connectivity index (χ2n) is 5.82. The van der Waals surface area contributed by atoms with Gasteiger partial charge in [-0.05, 0) is 44.2 Å². The number of hydrogen-bond acceptors (Lipinski definition) is 5. The quantitative estimate of drug-likeness (QED) is 0.709. The third-order valence-corrected chi connectivity index (χ3v) is 5.15. The summed E-state index contributed by atoms with van der Waals surface area (Å²) in [7, 11) is 3.19. The van der Waals surface area contributed by atoms with Crippen molar-refractivity contribution < 1.29 is 14.3 Å². The van der Waals surface area contributed by atoms with Crippen molar-refractivity contribution in [3.05, 3.63) is 58.6 Å². The largest absolute Gasteiger partial charge is 0.493 e. The van der Waals surface area contributed by atoms with Crippen LogP contribution in [-0.4, -0.2) is 25.1 Å². The van der Waals surface area contributed by atoms with E-state index in [-0.39, 0.29) is 5.91 Å². The summed E-state index contributed by atoms with van der Waals surface area (Å²) >= 11 is 1.36. The van der Waals surface area contributed by atoms with E-state index in [1.807, 2.05) is 56.3 Å². The minimum Gasteiger partial charge on any atom is -0.493 e. The van der Waals surface area contributed by atoms with Crippen LogP contribution in [0.1, 0.15) is 20.9 Å². The highest BCUT2D eigenvalue weighted by Gasteiger charge is 2.17. The molecule has 0 saturated carbocycles. The molecule has 1 aromatic heterocycles. The first-order valence-electron chi connectivity index (χ1n) is 8.09. The normalized spacial score (nSPS) is 10.5. The molecule has 0 unspecified atom stereocenters. The van der Waals surface area contributed by atoms with Crippen LogP contribution in [0, 0.1) is 13.8 Å². The molecule has 1 N–H and O–H groups in total. The molecule has 6 heteroatoms. The molecule has 134 valence electrons. The number of carbonyl (C=O) groups is 1.